The van der Waals surface area contributed by atoms with Crippen molar-refractivity contribution in [3.05, 3.63) is 12.2 Å². The Kier molecular flexibility index (Phi) is 25.6. The van der Waals surface area contributed by atoms with Crippen LogP contribution in [-0.2, 0) is 37.5 Å². The SMILES string of the molecule is CCCCCCCCCCCCCCCC(=O)OCC(COP(=O)(O)OCC[N+](C)(C)C)OC(=O)CCCC(O)/C=C/C=O. The fraction of sp³-hybridized carbons (Fsp3) is 0.844. The molecule has 258 valence electrons. The Morgan fingerprint density at radius 2 is 1.34 bits per heavy atom. The molecule has 0 saturated heterocycles. The van der Waals surface area contributed by atoms with Crippen LogP contribution in [0.3, 0.4) is 0 Å². The van der Waals surface area contributed by atoms with Crippen LogP contribution >= 0.6 is 7.82 Å². The van der Waals surface area contributed by atoms with Crippen molar-refractivity contribution in [3.63, 3.8) is 0 Å². The number of quaternary nitrogens is 1. The molecule has 44 heavy (non-hydrogen) atoms. The van der Waals surface area contributed by atoms with Gasteiger partial charge in [-0.05, 0) is 25.3 Å². The van der Waals surface area contributed by atoms with Crippen LogP contribution in [0.2, 0.25) is 0 Å². The summed E-state index contributed by atoms with van der Waals surface area (Å²) in [6.07, 6.45) is 17.4. The molecule has 3 atom stereocenters. The number of aldehydes is 1. The van der Waals surface area contributed by atoms with Crippen molar-refractivity contribution in [1.82, 2.24) is 0 Å². The van der Waals surface area contributed by atoms with Gasteiger partial charge in [0, 0.05) is 12.8 Å². The van der Waals surface area contributed by atoms with Crippen LogP contribution in [0.5, 0.6) is 0 Å². The molecule has 0 radical (unpaired) electrons. The van der Waals surface area contributed by atoms with E-state index in [1.807, 2.05) is 21.1 Å². The number of aliphatic hydroxyl groups is 1. The Morgan fingerprint density at radius 1 is 0.795 bits per heavy atom. The first-order valence-electron chi connectivity index (χ1n) is 16.5. The van der Waals surface area contributed by atoms with Crippen LogP contribution in [0.25, 0.3) is 0 Å². The number of carbonyl (C=O) groups is 3. The van der Waals surface area contributed by atoms with Crippen LogP contribution in [0.15, 0.2) is 12.2 Å². The molecule has 0 aromatic carbocycles. The van der Waals surface area contributed by atoms with Crippen molar-refractivity contribution in [1.29, 1.82) is 0 Å². The zero-order chi connectivity index (χ0) is 33.1. The fourth-order valence-electron chi connectivity index (χ4n) is 4.28. The smallest absolute Gasteiger partial charge is 0.462 e. The number of aliphatic hydroxyl groups excluding tert-OH is 1. The molecular formula is C32H61NO10P+. The Hall–Kier alpha value is -1.62. The van der Waals surface area contributed by atoms with E-state index in [2.05, 4.69) is 6.92 Å². The van der Waals surface area contributed by atoms with Gasteiger partial charge < -0.3 is 24.0 Å². The van der Waals surface area contributed by atoms with Crippen LogP contribution < -0.4 is 0 Å². The van der Waals surface area contributed by atoms with E-state index in [0.717, 1.165) is 19.3 Å². The van der Waals surface area contributed by atoms with Gasteiger partial charge >= 0.3 is 19.8 Å². The number of phosphoric acid groups is 1. The standard InChI is InChI=1S/C32H60NO10P/c1-5-6-7-8-9-10-11-12-13-14-15-16-17-22-31(36)40-27-30(28-42-44(38,39)41-26-24-33(2,3)4)43-32(37)23-18-20-29(35)21-19-25-34/h19,21,25,29-30,35H,5-18,20,22-24,26-28H2,1-4H3/p+1/b21-19+. The summed E-state index contributed by atoms with van der Waals surface area (Å²) in [7, 11) is 1.30. The van der Waals surface area contributed by atoms with Gasteiger partial charge in [0.15, 0.2) is 6.10 Å². The number of hydrogen-bond acceptors (Lipinski definition) is 9. The molecule has 0 saturated carbocycles. The summed E-state index contributed by atoms with van der Waals surface area (Å²) in [5.41, 5.74) is 0. The quantitative estimate of drug-likeness (QED) is 0.0235. The Balaban J connectivity index is 4.48. The van der Waals surface area contributed by atoms with E-state index in [4.69, 9.17) is 18.5 Å². The van der Waals surface area contributed by atoms with E-state index in [1.165, 1.54) is 69.9 Å². The lowest BCUT2D eigenvalue weighted by molar-refractivity contribution is -0.870. The summed E-state index contributed by atoms with van der Waals surface area (Å²) in [5.74, 6) is -1.08. The number of allylic oxidation sites excluding steroid dienone is 1. The molecule has 0 aromatic rings. The number of hydrogen-bond donors (Lipinski definition) is 2. The maximum Gasteiger partial charge on any atom is 0.472 e. The Morgan fingerprint density at radius 3 is 1.89 bits per heavy atom. The number of esters is 2. The predicted octanol–water partition coefficient (Wildman–Crippen LogP) is 6.05. The van der Waals surface area contributed by atoms with E-state index < -0.39 is 38.6 Å². The monoisotopic (exact) mass is 650 g/mol. The van der Waals surface area contributed by atoms with Crippen LogP contribution in [0, 0.1) is 0 Å². The summed E-state index contributed by atoms with van der Waals surface area (Å²) in [4.78, 5) is 45.1. The van der Waals surface area contributed by atoms with Gasteiger partial charge in [0.05, 0.1) is 33.9 Å². The second-order valence-electron chi connectivity index (χ2n) is 12.4. The highest BCUT2D eigenvalue weighted by Crippen LogP contribution is 2.43. The maximum atomic E-state index is 12.4. The number of carbonyl (C=O) groups excluding carboxylic acids is 3. The summed E-state index contributed by atoms with van der Waals surface area (Å²) in [5, 5.41) is 9.76. The van der Waals surface area contributed by atoms with Crippen molar-refractivity contribution in [3.8, 4) is 0 Å². The largest absolute Gasteiger partial charge is 0.472 e. The van der Waals surface area contributed by atoms with Crippen molar-refractivity contribution in [2.24, 2.45) is 0 Å². The molecule has 11 nitrogen and oxygen atoms in total. The van der Waals surface area contributed by atoms with E-state index >= 15 is 0 Å². The van der Waals surface area contributed by atoms with E-state index in [9.17, 15) is 28.9 Å². The first-order valence-corrected chi connectivity index (χ1v) is 18.0. The van der Waals surface area contributed by atoms with Crippen molar-refractivity contribution in [2.75, 3.05) is 47.5 Å². The zero-order valence-corrected chi connectivity index (χ0v) is 28.7. The number of rotatable bonds is 30. The highest BCUT2D eigenvalue weighted by molar-refractivity contribution is 7.47. The van der Waals surface area contributed by atoms with E-state index in [1.54, 1.807) is 0 Å². The molecule has 2 N–H and O–H groups in total. The number of likely N-dealkylation sites (N-methyl/N-ethyl adjacent to an activating group) is 1. The van der Waals surface area contributed by atoms with E-state index in [-0.39, 0.29) is 38.9 Å². The van der Waals surface area contributed by atoms with E-state index in [0.29, 0.717) is 23.7 Å². The first kappa shape index (κ1) is 42.4. The summed E-state index contributed by atoms with van der Waals surface area (Å²) in [6, 6.07) is 0. The van der Waals surface area contributed by atoms with Gasteiger partial charge in [-0.15, -0.1) is 0 Å². The molecule has 0 spiro atoms. The average molecular weight is 651 g/mol. The molecule has 0 aliphatic rings. The maximum absolute atomic E-state index is 12.4. The number of unbranched alkanes of at least 4 members (excludes halogenated alkanes) is 12. The highest BCUT2D eigenvalue weighted by Gasteiger charge is 2.27. The molecule has 0 bridgehead atoms. The number of ether oxygens (including phenoxy) is 2. The molecule has 0 fully saturated rings. The molecule has 0 aromatic heterocycles. The molecule has 12 heteroatoms. The zero-order valence-electron chi connectivity index (χ0n) is 27.8. The second kappa shape index (κ2) is 26.6. The van der Waals surface area contributed by atoms with Gasteiger partial charge in [-0.25, -0.2) is 4.57 Å². The van der Waals surface area contributed by atoms with Gasteiger partial charge in [-0.2, -0.15) is 0 Å². The third kappa shape index (κ3) is 29.1. The third-order valence-electron chi connectivity index (χ3n) is 6.95. The van der Waals surface area contributed by atoms with Gasteiger partial charge in [0.2, 0.25) is 0 Å². The molecule has 0 amide bonds. The van der Waals surface area contributed by atoms with Crippen LogP contribution in [-0.4, -0.2) is 92.4 Å². The van der Waals surface area contributed by atoms with Gasteiger partial charge in [0.25, 0.3) is 0 Å². The van der Waals surface area contributed by atoms with Crippen molar-refractivity contribution < 1.29 is 52.0 Å². The van der Waals surface area contributed by atoms with Gasteiger partial charge in [0.1, 0.15) is 26.0 Å². The number of nitrogens with zero attached hydrogens (tertiary/aromatic N) is 1. The minimum absolute atomic E-state index is 0.0171. The average Bonchev–Trinajstić information content (AvgIpc) is 2.95. The van der Waals surface area contributed by atoms with Crippen molar-refractivity contribution in [2.45, 2.75) is 128 Å². The highest BCUT2D eigenvalue weighted by atomic mass is 31.2. The van der Waals surface area contributed by atoms with Gasteiger partial charge in [-0.1, -0.05) is 90.0 Å². The molecule has 3 unspecified atom stereocenters. The minimum atomic E-state index is -4.42. The molecule has 0 heterocycles. The fourth-order valence-corrected chi connectivity index (χ4v) is 5.02. The topological polar surface area (TPSA) is 146 Å². The molecule has 0 aliphatic carbocycles. The third-order valence-corrected chi connectivity index (χ3v) is 7.93. The lowest BCUT2D eigenvalue weighted by atomic mass is 10.0. The van der Waals surface area contributed by atoms with Gasteiger partial charge in [-0.3, -0.25) is 23.4 Å². The molecule has 0 aliphatic heterocycles. The van der Waals surface area contributed by atoms with Crippen LogP contribution in [0.4, 0.5) is 0 Å². The first-order chi connectivity index (χ1) is 20.9. The molecule has 0 rings (SSSR count). The molecular weight excluding hydrogens is 589 g/mol. The normalized spacial score (nSPS) is 14.7. The summed E-state index contributed by atoms with van der Waals surface area (Å²) in [6.45, 7) is 1.86. The Labute approximate surface area is 265 Å². The predicted molar refractivity (Wildman–Crippen MR) is 171 cm³/mol. The lowest BCUT2D eigenvalue weighted by Gasteiger charge is -2.24. The second-order valence-corrected chi connectivity index (χ2v) is 13.8. The Bertz CT molecular complexity index is 830. The lowest BCUT2D eigenvalue weighted by Crippen LogP contribution is -2.37. The summed E-state index contributed by atoms with van der Waals surface area (Å²) >= 11 is 0. The van der Waals surface area contributed by atoms with Crippen molar-refractivity contribution >= 4 is 26.0 Å². The van der Waals surface area contributed by atoms with Crippen LogP contribution in [0.1, 0.15) is 116 Å². The number of phosphoric ester groups is 1. The summed E-state index contributed by atoms with van der Waals surface area (Å²) < 4.78 is 33.5. The minimum Gasteiger partial charge on any atom is -0.462 e.